The summed E-state index contributed by atoms with van der Waals surface area (Å²) in [4.78, 5) is 2.60. The summed E-state index contributed by atoms with van der Waals surface area (Å²) in [5.74, 6) is 0. The Bertz CT molecular complexity index is 194. The molecule has 0 aromatic carbocycles. The van der Waals surface area contributed by atoms with E-state index in [1.54, 1.807) is 0 Å². The maximum atomic E-state index is 10.2. The highest BCUT2D eigenvalue weighted by Crippen LogP contribution is 2.33. The van der Waals surface area contributed by atoms with Crippen molar-refractivity contribution in [3.8, 4) is 0 Å². The molecule has 2 aliphatic rings. The van der Waals surface area contributed by atoms with Crippen molar-refractivity contribution in [3.63, 3.8) is 0 Å². The topological polar surface area (TPSA) is 35.5 Å². The van der Waals surface area contributed by atoms with Crippen LogP contribution in [0.4, 0.5) is 0 Å². The fraction of sp³-hybridized carbons (Fsp3) is 1.00. The van der Waals surface area contributed by atoms with Gasteiger partial charge in [0.25, 0.3) is 0 Å². The molecule has 1 saturated heterocycles. The summed E-state index contributed by atoms with van der Waals surface area (Å²) in [6.45, 7) is 6.75. The van der Waals surface area contributed by atoms with Crippen molar-refractivity contribution in [3.05, 3.63) is 0 Å². The van der Waals surface area contributed by atoms with Gasteiger partial charge in [-0.05, 0) is 32.1 Å². The second kappa shape index (κ2) is 4.81. The molecule has 0 aromatic heterocycles. The quantitative estimate of drug-likeness (QED) is 0.716. The van der Waals surface area contributed by atoms with E-state index in [1.807, 2.05) is 0 Å². The largest absolute Gasteiger partial charge is 0.390 e. The van der Waals surface area contributed by atoms with Gasteiger partial charge in [-0.3, -0.25) is 4.90 Å². The van der Waals surface area contributed by atoms with E-state index in [2.05, 4.69) is 17.1 Å². The van der Waals surface area contributed by atoms with Gasteiger partial charge in [-0.2, -0.15) is 0 Å². The van der Waals surface area contributed by atoms with Gasteiger partial charge in [0.2, 0.25) is 0 Å². The Morgan fingerprint density at radius 2 is 1.87 bits per heavy atom. The van der Waals surface area contributed by atoms with Crippen molar-refractivity contribution in [2.24, 2.45) is 0 Å². The van der Waals surface area contributed by atoms with Gasteiger partial charge in [0.15, 0.2) is 0 Å². The molecule has 1 aliphatic heterocycles. The average molecular weight is 212 g/mol. The van der Waals surface area contributed by atoms with Crippen LogP contribution in [-0.4, -0.2) is 47.8 Å². The minimum Gasteiger partial charge on any atom is -0.390 e. The van der Waals surface area contributed by atoms with Crippen LogP contribution in [0.25, 0.3) is 0 Å². The zero-order chi connectivity index (χ0) is 10.7. The van der Waals surface area contributed by atoms with Crippen molar-refractivity contribution in [1.29, 1.82) is 0 Å². The van der Waals surface area contributed by atoms with E-state index in [-0.39, 0.29) is 5.60 Å². The molecule has 0 atom stereocenters. The fourth-order valence-corrected chi connectivity index (χ4v) is 2.91. The van der Waals surface area contributed by atoms with Crippen LogP contribution in [0.2, 0.25) is 0 Å². The van der Waals surface area contributed by atoms with E-state index in [0.717, 1.165) is 38.4 Å². The molecule has 1 aliphatic carbocycles. The van der Waals surface area contributed by atoms with Gasteiger partial charge in [0, 0.05) is 32.2 Å². The van der Waals surface area contributed by atoms with Gasteiger partial charge in [-0.15, -0.1) is 0 Å². The van der Waals surface area contributed by atoms with E-state index in [0.29, 0.717) is 0 Å². The van der Waals surface area contributed by atoms with E-state index >= 15 is 0 Å². The van der Waals surface area contributed by atoms with Crippen LogP contribution < -0.4 is 5.32 Å². The highest BCUT2D eigenvalue weighted by Gasteiger charge is 2.33. The monoisotopic (exact) mass is 212 g/mol. The van der Waals surface area contributed by atoms with Crippen LogP contribution in [-0.2, 0) is 0 Å². The Morgan fingerprint density at radius 1 is 1.27 bits per heavy atom. The van der Waals surface area contributed by atoms with Crippen LogP contribution in [0.1, 0.15) is 39.0 Å². The molecule has 0 unspecified atom stereocenters. The van der Waals surface area contributed by atoms with Gasteiger partial charge in [-0.25, -0.2) is 0 Å². The predicted octanol–water partition coefficient (Wildman–Crippen LogP) is 0.975. The third kappa shape index (κ3) is 2.71. The molecule has 3 nitrogen and oxygen atoms in total. The maximum absolute atomic E-state index is 10.2. The van der Waals surface area contributed by atoms with E-state index in [9.17, 15) is 5.11 Å². The first-order chi connectivity index (χ1) is 7.23. The molecule has 0 aromatic rings. The van der Waals surface area contributed by atoms with Crippen molar-refractivity contribution in [2.75, 3.05) is 26.2 Å². The minimum atomic E-state index is -0.343. The molecule has 0 bridgehead atoms. The number of aliphatic hydroxyl groups is 1. The number of hydrogen-bond acceptors (Lipinski definition) is 3. The Balaban J connectivity index is 1.82. The summed E-state index contributed by atoms with van der Waals surface area (Å²) in [6.07, 6.45) is 5.28. The molecule has 3 heteroatoms. The molecule has 15 heavy (non-hydrogen) atoms. The van der Waals surface area contributed by atoms with Crippen LogP contribution in [0.3, 0.4) is 0 Å². The first-order valence-corrected chi connectivity index (χ1v) is 6.41. The van der Waals surface area contributed by atoms with Crippen molar-refractivity contribution in [1.82, 2.24) is 10.2 Å². The van der Waals surface area contributed by atoms with Crippen molar-refractivity contribution in [2.45, 2.75) is 50.7 Å². The third-order valence-corrected chi connectivity index (χ3v) is 4.21. The molecule has 2 rings (SSSR count). The highest BCUT2D eigenvalue weighted by molar-refractivity contribution is 4.89. The normalized spacial score (nSPS) is 39.2. The molecular weight excluding hydrogens is 188 g/mol. The average Bonchev–Trinajstić information content (AvgIpc) is 2.31. The zero-order valence-electron chi connectivity index (χ0n) is 9.84. The Kier molecular flexibility index (Phi) is 3.65. The van der Waals surface area contributed by atoms with Crippen LogP contribution in [0.15, 0.2) is 0 Å². The maximum Gasteiger partial charge on any atom is 0.0646 e. The third-order valence-electron chi connectivity index (χ3n) is 4.21. The molecule has 0 amide bonds. The Labute approximate surface area is 92.8 Å². The second-order valence-electron chi connectivity index (χ2n) is 5.10. The molecule has 2 N–H and O–H groups in total. The smallest absolute Gasteiger partial charge is 0.0646 e. The summed E-state index contributed by atoms with van der Waals surface area (Å²) in [5, 5.41) is 13.6. The lowest BCUT2D eigenvalue weighted by molar-refractivity contribution is -0.0245. The van der Waals surface area contributed by atoms with Gasteiger partial charge >= 0.3 is 0 Å². The number of nitrogens with zero attached hydrogens (tertiary/aromatic N) is 1. The first kappa shape index (κ1) is 11.4. The summed E-state index contributed by atoms with van der Waals surface area (Å²) in [7, 11) is 0. The number of hydrogen-bond donors (Lipinski definition) is 2. The van der Waals surface area contributed by atoms with Gasteiger partial charge in [-0.1, -0.05) is 6.92 Å². The fourth-order valence-electron chi connectivity index (χ4n) is 2.91. The molecule has 2 fully saturated rings. The molecule has 0 spiro atoms. The number of nitrogens with one attached hydrogen (secondary N) is 1. The lowest BCUT2D eigenvalue weighted by Gasteiger charge is -2.42. The van der Waals surface area contributed by atoms with Gasteiger partial charge in [0.05, 0.1) is 5.60 Å². The first-order valence-electron chi connectivity index (χ1n) is 6.41. The van der Waals surface area contributed by atoms with Crippen molar-refractivity contribution < 1.29 is 5.11 Å². The molecule has 88 valence electrons. The molecule has 0 radical (unpaired) electrons. The second-order valence-corrected chi connectivity index (χ2v) is 5.10. The van der Waals surface area contributed by atoms with Gasteiger partial charge < -0.3 is 10.4 Å². The van der Waals surface area contributed by atoms with Crippen molar-refractivity contribution >= 4 is 0 Å². The lowest BCUT2D eigenvalue weighted by Crippen LogP contribution is -2.51. The lowest BCUT2D eigenvalue weighted by atomic mass is 9.80. The summed E-state index contributed by atoms with van der Waals surface area (Å²) in [6, 6.07) is 0.735. The predicted molar refractivity (Wildman–Crippen MR) is 61.9 cm³/mol. The molecule has 1 heterocycles. The number of piperazine rings is 1. The summed E-state index contributed by atoms with van der Waals surface area (Å²) >= 11 is 0. The Morgan fingerprint density at radius 3 is 2.40 bits per heavy atom. The van der Waals surface area contributed by atoms with E-state index in [4.69, 9.17) is 0 Å². The highest BCUT2D eigenvalue weighted by atomic mass is 16.3. The standard InChI is InChI=1S/C12H24N2O/c1-2-12(15)5-3-11(4-6-12)14-9-7-13-8-10-14/h11,13,15H,2-10H2,1H3. The van der Waals surface area contributed by atoms with Gasteiger partial charge in [0.1, 0.15) is 0 Å². The Hall–Kier alpha value is -0.120. The molecular formula is C12H24N2O. The molecule has 1 saturated carbocycles. The summed E-state index contributed by atoms with van der Waals surface area (Å²) in [5.41, 5.74) is -0.343. The van der Waals surface area contributed by atoms with Crippen LogP contribution >= 0.6 is 0 Å². The minimum absolute atomic E-state index is 0.343. The van der Waals surface area contributed by atoms with E-state index in [1.165, 1.54) is 25.9 Å². The zero-order valence-corrected chi connectivity index (χ0v) is 9.84. The van der Waals surface area contributed by atoms with Crippen LogP contribution in [0, 0.1) is 0 Å². The summed E-state index contributed by atoms with van der Waals surface area (Å²) < 4.78 is 0. The number of rotatable bonds is 2. The van der Waals surface area contributed by atoms with E-state index < -0.39 is 0 Å². The SMILES string of the molecule is CCC1(O)CCC(N2CCNCC2)CC1. The van der Waals surface area contributed by atoms with Crippen LogP contribution in [0.5, 0.6) is 0 Å².